The number of rotatable bonds is 8. The van der Waals surface area contributed by atoms with Crippen LogP contribution in [0.2, 0.25) is 0 Å². The van der Waals surface area contributed by atoms with Crippen molar-refractivity contribution >= 4 is 28.2 Å². The van der Waals surface area contributed by atoms with Crippen molar-refractivity contribution in [3.05, 3.63) is 45.8 Å². The highest BCUT2D eigenvalue weighted by Gasteiger charge is 2.27. The van der Waals surface area contributed by atoms with Gasteiger partial charge in [0, 0.05) is 24.3 Å². The summed E-state index contributed by atoms with van der Waals surface area (Å²) in [6.45, 7) is 7.64. The van der Waals surface area contributed by atoms with Crippen molar-refractivity contribution in [2.75, 3.05) is 18.5 Å². The Morgan fingerprint density at radius 1 is 1.32 bits per heavy atom. The van der Waals surface area contributed by atoms with E-state index < -0.39 is 0 Å². The number of nitrogens with one attached hydrogen (secondary N) is 1. The molecule has 0 aliphatic carbocycles. The van der Waals surface area contributed by atoms with Crippen LogP contribution in [-0.4, -0.2) is 29.9 Å². The predicted octanol–water partition coefficient (Wildman–Crippen LogP) is 4.84. The van der Waals surface area contributed by atoms with Crippen LogP contribution in [0.1, 0.15) is 67.5 Å². The number of thiophene rings is 1. The van der Waals surface area contributed by atoms with E-state index in [4.69, 9.17) is 4.74 Å². The lowest BCUT2D eigenvalue weighted by molar-refractivity contribution is -0.132. The molecular formula is C24H29N3O3S. The Morgan fingerprint density at radius 3 is 2.81 bits per heavy atom. The van der Waals surface area contributed by atoms with Gasteiger partial charge in [0.2, 0.25) is 11.8 Å². The first-order valence-electron chi connectivity index (χ1n) is 10.8. The summed E-state index contributed by atoms with van der Waals surface area (Å²) in [4.78, 5) is 27.9. The minimum Gasteiger partial charge on any atom is -0.494 e. The molecule has 0 saturated carbocycles. The molecule has 31 heavy (non-hydrogen) atoms. The Labute approximate surface area is 187 Å². The minimum atomic E-state index is -0.132. The summed E-state index contributed by atoms with van der Waals surface area (Å²) in [5.41, 5.74) is 2.51. The van der Waals surface area contributed by atoms with E-state index >= 15 is 0 Å². The molecule has 1 aliphatic rings. The lowest BCUT2D eigenvalue weighted by Gasteiger charge is -2.26. The number of amides is 2. The molecule has 1 N–H and O–H groups in total. The van der Waals surface area contributed by atoms with Crippen LogP contribution in [0.4, 0.5) is 5.00 Å². The Kier molecular flexibility index (Phi) is 7.69. The third kappa shape index (κ3) is 5.26. The van der Waals surface area contributed by atoms with E-state index in [0.29, 0.717) is 49.5 Å². The van der Waals surface area contributed by atoms with Gasteiger partial charge in [-0.05, 0) is 42.9 Å². The molecule has 3 rings (SSSR count). The van der Waals surface area contributed by atoms with Gasteiger partial charge in [-0.1, -0.05) is 32.0 Å². The second-order valence-corrected chi connectivity index (χ2v) is 8.86. The summed E-state index contributed by atoms with van der Waals surface area (Å²) in [6.07, 6.45) is 2.30. The van der Waals surface area contributed by atoms with Crippen LogP contribution >= 0.6 is 11.3 Å². The number of benzene rings is 1. The number of para-hydroxylation sites is 1. The molecule has 164 valence electrons. The number of hydrogen-bond donors (Lipinski definition) is 1. The number of fused-ring (bicyclic) bond motifs is 1. The third-order valence-corrected chi connectivity index (χ3v) is 6.61. The van der Waals surface area contributed by atoms with E-state index in [1.807, 2.05) is 49.9 Å². The van der Waals surface area contributed by atoms with Gasteiger partial charge in [0.1, 0.15) is 16.8 Å². The van der Waals surface area contributed by atoms with E-state index in [9.17, 15) is 14.9 Å². The molecule has 0 saturated heterocycles. The van der Waals surface area contributed by atoms with Gasteiger partial charge in [0.15, 0.2) is 0 Å². The van der Waals surface area contributed by atoms with E-state index in [2.05, 4.69) is 11.4 Å². The second kappa shape index (κ2) is 10.5. The van der Waals surface area contributed by atoms with Crippen molar-refractivity contribution in [1.82, 2.24) is 4.90 Å². The third-order valence-electron chi connectivity index (χ3n) is 5.48. The number of nitriles is 1. The molecule has 0 fully saturated rings. The standard InChI is InChI=1S/C24H29N3O3S/c1-4-8-23(29)27-12-11-18-19(14-25)24(31-21(18)15-27)26-22(28)13-16(3)17-9-6-7-10-20(17)30-5-2/h6-7,9-10,16H,4-5,8,11-13,15H2,1-3H3,(H,26,28). The van der Waals surface area contributed by atoms with Gasteiger partial charge in [-0.3, -0.25) is 9.59 Å². The monoisotopic (exact) mass is 439 g/mol. The average molecular weight is 440 g/mol. The molecule has 2 aromatic rings. The number of carbonyl (C=O) groups is 2. The highest BCUT2D eigenvalue weighted by Crippen LogP contribution is 2.37. The van der Waals surface area contributed by atoms with Gasteiger partial charge >= 0.3 is 0 Å². The summed E-state index contributed by atoms with van der Waals surface area (Å²) in [5, 5.41) is 13.2. The van der Waals surface area contributed by atoms with Gasteiger partial charge in [-0.25, -0.2) is 0 Å². The quantitative estimate of drug-likeness (QED) is 0.638. The molecule has 1 aliphatic heterocycles. The maximum atomic E-state index is 12.8. The fourth-order valence-electron chi connectivity index (χ4n) is 3.94. The molecule has 0 bridgehead atoms. The van der Waals surface area contributed by atoms with Crippen LogP contribution < -0.4 is 10.1 Å². The van der Waals surface area contributed by atoms with Gasteiger partial charge < -0.3 is 15.0 Å². The normalized spacial score (nSPS) is 13.8. The highest BCUT2D eigenvalue weighted by molar-refractivity contribution is 7.16. The van der Waals surface area contributed by atoms with Gasteiger partial charge in [0.05, 0.1) is 18.7 Å². The molecule has 1 aromatic carbocycles. The Balaban J connectivity index is 1.71. The van der Waals surface area contributed by atoms with Crippen LogP contribution in [0.5, 0.6) is 5.75 Å². The predicted molar refractivity (Wildman–Crippen MR) is 122 cm³/mol. The fraction of sp³-hybridized carbons (Fsp3) is 0.458. The maximum absolute atomic E-state index is 12.8. The number of hydrogen-bond acceptors (Lipinski definition) is 5. The zero-order valence-corrected chi connectivity index (χ0v) is 19.2. The van der Waals surface area contributed by atoms with Gasteiger partial charge in [-0.15, -0.1) is 11.3 Å². The molecule has 1 unspecified atom stereocenters. The van der Waals surface area contributed by atoms with Crippen LogP contribution in [0.25, 0.3) is 0 Å². The Morgan fingerprint density at radius 2 is 2.10 bits per heavy atom. The Hall–Kier alpha value is -2.85. The highest BCUT2D eigenvalue weighted by atomic mass is 32.1. The van der Waals surface area contributed by atoms with Crippen molar-refractivity contribution in [1.29, 1.82) is 5.26 Å². The second-order valence-electron chi connectivity index (χ2n) is 7.76. The number of ether oxygens (including phenoxy) is 1. The van der Waals surface area contributed by atoms with Crippen molar-refractivity contribution in [3.8, 4) is 11.8 Å². The van der Waals surface area contributed by atoms with Crippen LogP contribution in [0.15, 0.2) is 24.3 Å². The Bertz CT molecular complexity index is 992. The summed E-state index contributed by atoms with van der Waals surface area (Å²) < 4.78 is 5.69. The molecule has 2 heterocycles. The molecule has 6 nitrogen and oxygen atoms in total. The first-order valence-corrected chi connectivity index (χ1v) is 11.6. The molecule has 7 heteroatoms. The van der Waals surface area contributed by atoms with Gasteiger partial charge in [0.25, 0.3) is 0 Å². The molecule has 0 radical (unpaired) electrons. The van der Waals surface area contributed by atoms with E-state index in [0.717, 1.165) is 28.2 Å². The van der Waals surface area contributed by atoms with Crippen LogP contribution in [-0.2, 0) is 22.6 Å². The zero-order chi connectivity index (χ0) is 22.4. The summed E-state index contributed by atoms with van der Waals surface area (Å²) in [6, 6.07) is 10.0. The first kappa shape index (κ1) is 22.8. The first-order chi connectivity index (χ1) is 15.0. The van der Waals surface area contributed by atoms with Crippen molar-refractivity contribution in [3.63, 3.8) is 0 Å². The zero-order valence-electron chi connectivity index (χ0n) is 18.4. The van der Waals surface area contributed by atoms with E-state index in [1.165, 1.54) is 11.3 Å². The lowest BCUT2D eigenvalue weighted by atomic mass is 9.96. The molecule has 0 spiro atoms. The van der Waals surface area contributed by atoms with E-state index in [-0.39, 0.29) is 17.7 Å². The summed E-state index contributed by atoms with van der Waals surface area (Å²) in [7, 11) is 0. The lowest BCUT2D eigenvalue weighted by Crippen LogP contribution is -2.35. The summed E-state index contributed by atoms with van der Waals surface area (Å²) in [5.74, 6) is 0.789. The molecular weight excluding hydrogens is 410 g/mol. The molecule has 1 aromatic heterocycles. The average Bonchev–Trinajstić information content (AvgIpc) is 3.10. The summed E-state index contributed by atoms with van der Waals surface area (Å²) >= 11 is 1.42. The van der Waals surface area contributed by atoms with E-state index in [1.54, 1.807) is 0 Å². The van der Waals surface area contributed by atoms with Crippen LogP contribution in [0.3, 0.4) is 0 Å². The fourth-order valence-corrected chi connectivity index (χ4v) is 5.16. The topological polar surface area (TPSA) is 82.4 Å². The molecule has 2 amide bonds. The number of anilines is 1. The number of nitrogens with zero attached hydrogens (tertiary/aromatic N) is 2. The van der Waals surface area contributed by atoms with Crippen LogP contribution in [0, 0.1) is 11.3 Å². The number of carbonyl (C=O) groups excluding carboxylic acids is 2. The minimum absolute atomic E-state index is 0.0231. The SMILES string of the molecule is CCCC(=O)N1CCc2c(sc(NC(=O)CC(C)c3ccccc3OCC)c2C#N)C1. The van der Waals surface area contributed by atoms with Crippen molar-refractivity contribution in [2.45, 2.75) is 58.9 Å². The van der Waals surface area contributed by atoms with Crippen molar-refractivity contribution < 1.29 is 14.3 Å². The molecule has 1 atom stereocenters. The van der Waals surface area contributed by atoms with Gasteiger partial charge in [-0.2, -0.15) is 5.26 Å². The maximum Gasteiger partial charge on any atom is 0.225 e. The largest absolute Gasteiger partial charge is 0.494 e. The van der Waals surface area contributed by atoms with Crippen molar-refractivity contribution in [2.24, 2.45) is 0 Å². The smallest absolute Gasteiger partial charge is 0.225 e.